The molecular weight excluding hydrogens is 249 g/mol. The van der Waals surface area contributed by atoms with Crippen molar-refractivity contribution in [3.63, 3.8) is 0 Å². The summed E-state index contributed by atoms with van der Waals surface area (Å²) in [7, 11) is 0. The molecule has 1 amide bonds. The predicted octanol–water partition coefficient (Wildman–Crippen LogP) is 2.61. The Kier molecular flexibility index (Phi) is 2.91. The van der Waals surface area contributed by atoms with Gasteiger partial charge in [-0.2, -0.15) is 0 Å². The Hall–Kier alpha value is -1.06. The first-order chi connectivity index (χ1) is 7.49. The van der Waals surface area contributed by atoms with Gasteiger partial charge in [-0.25, -0.2) is 0 Å². The van der Waals surface area contributed by atoms with E-state index in [-0.39, 0.29) is 24.7 Å². The Balaban J connectivity index is 2.45. The van der Waals surface area contributed by atoms with Crippen LogP contribution in [-0.4, -0.2) is 18.2 Å². The first kappa shape index (κ1) is 11.4. The molecule has 0 atom stereocenters. The van der Waals surface area contributed by atoms with Gasteiger partial charge in [0.05, 0.1) is 23.7 Å². The summed E-state index contributed by atoms with van der Waals surface area (Å²) in [6, 6.07) is 3.31. The van der Waals surface area contributed by atoms with Crippen molar-refractivity contribution in [1.29, 1.82) is 0 Å². The monoisotopic (exact) mass is 257 g/mol. The summed E-state index contributed by atoms with van der Waals surface area (Å²) in [5, 5.41) is 0.969. The molecule has 1 aromatic carbocycles. The number of aryl methyl sites for hydroxylation is 1. The molecule has 0 spiro atoms. The van der Waals surface area contributed by atoms with E-state index in [0.29, 0.717) is 15.7 Å². The molecule has 2 rings (SSSR count). The third kappa shape index (κ3) is 1.93. The Labute approximate surface area is 103 Å². The smallest absolute Gasteiger partial charge is 0.234 e. The van der Waals surface area contributed by atoms with Crippen LogP contribution >= 0.6 is 23.2 Å². The maximum Gasteiger partial charge on any atom is 0.234 e. The first-order valence-electron chi connectivity index (χ1n) is 4.77. The number of hydrogen-bond donors (Lipinski definition) is 0. The minimum Gasteiger partial charge on any atom is -0.303 e. The molecule has 16 heavy (non-hydrogen) atoms. The summed E-state index contributed by atoms with van der Waals surface area (Å²) in [5.41, 5.74) is 1.35. The van der Waals surface area contributed by atoms with Crippen LogP contribution in [0.3, 0.4) is 0 Å². The molecule has 0 N–H and O–H groups in total. The summed E-state index contributed by atoms with van der Waals surface area (Å²) in [5.74, 6) is -0.329. The lowest BCUT2D eigenvalue weighted by Crippen LogP contribution is -2.24. The Morgan fingerprint density at radius 3 is 2.44 bits per heavy atom. The lowest BCUT2D eigenvalue weighted by Gasteiger charge is -2.17. The summed E-state index contributed by atoms with van der Waals surface area (Å²) in [4.78, 5) is 24.1. The van der Waals surface area contributed by atoms with Gasteiger partial charge in [0, 0.05) is 5.02 Å². The quantitative estimate of drug-likeness (QED) is 0.726. The van der Waals surface area contributed by atoms with Crippen molar-refractivity contribution in [3.05, 3.63) is 27.7 Å². The SMILES string of the molecule is Cc1cc(Cl)c(N2CC(=O)CC2=O)cc1Cl. The third-order valence-corrected chi connectivity index (χ3v) is 3.21. The second-order valence-corrected chi connectivity index (χ2v) is 4.56. The number of carbonyl (C=O) groups is 2. The molecule has 5 heteroatoms. The van der Waals surface area contributed by atoms with E-state index in [4.69, 9.17) is 23.2 Å². The van der Waals surface area contributed by atoms with E-state index in [1.54, 1.807) is 12.1 Å². The van der Waals surface area contributed by atoms with Crippen LogP contribution in [0.15, 0.2) is 12.1 Å². The van der Waals surface area contributed by atoms with Crippen molar-refractivity contribution < 1.29 is 9.59 Å². The van der Waals surface area contributed by atoms with Crippen molar-refractivity contribution in [1.82, 2.24) is 0 Å². The molecule has 1 heterocycles. The molecular formula is C11H9Cl2NO2. The van der Waals surface area contributed by atoms with Crippen LogP contribution in [0.25, 0.3) is 0 Å². The van der Waals surface area contributed by atoms with E-state index in [1.807, 2.05) is 6.92 Å². The molecule has 1 saturated heterocycles. The van der Waals surface area contributed by atoms with Gasteiger partial charge in [0.2, 0.25) is 5.91 Å². The van der Waals surface area contributed by atoms with E-state index >= 15 is 0 Å². The van der Waals surface area contributed by atoms with E-state index in [2.05, 4.69) is 0 Å². The summed E-state index contributed by atoms with van der Waals surface area (Å²) < 4.78 is 0. The number of nitrogens with zero attached hydrogens (tertiary/aromatic N) is 1. The molecule has 0 bridgehead atoms. The van der Waals surface area contributed by atoms with Crippen molar-refractivity contribution in [2.75, 3.05) is 11.4 Å². The van der Waals surface area contributed by atoms with Crippen molar-refractivity contribution in [2.24, 2.45) is 0 Å². The fourth-order valence-electron chi connectivity index (χ4n) is 1.65. The second kappa shape index (κ2) is 4.07. The Morgan fingerprint density at radius 2 is 1.88 bits per heavy atom. The minimum absolute atomic E-state index is 0.0537. The van der Waals surface area contributed by atoms with E-state index in [0.717, 1.165) is 5.56 Å². The number of hydrogen-bond acceptors (Lipinski definition) is 2. The molecule has 1 aromatic rings. The number of halogens is 2. The molecule has 84 valence electrons. The molecule has 0 aromatic heterocycles. The lowest BCUT2D eigenvalue weighted by atomic mass is 10.2. The van der Waals surface area contributed by atoms with Crippen LogP contribution in [0, 0.1) is 6.92 Å². The van der Waals surface area contributed by atoms with Gasteiger partial charge in [-0.15, -0.1) is 0 Å². The zero-order valence-electron chi connectivity index (χ0n) is 8.59. The molecule has 3 nitrogen and oxygen atoms in total. The van der Waals surface area contributed by atoms with Crippen LogP contribution in [-0.2, 0) is 9.59 Å². The van der Waals surface area contributed by atoms with Gasteiger partial charge >= 0.3 is 0 Å². The molecule has 1 fully saturated rings. The average Bonchev–Trinajstić information content (AvgIpc) is 2.51. The summed E-state index contributed by atoms with van der Waals surface area (Å²) >= 11 is 12.0. The molecule has 0 unspecified atom stereocenters. The van der Waals surface area contributed by atoms with Crippen molar-refractivity contribution >= 4 is 40.6 Å². The van der Waals surface area contributed by atoms with Gasteiger partial charge < -0.3 is 4.90 Å². The van der Waals surface area contributed by atoms with Crippen LogP contribution in [0.4, 0.5) is 5.69 Å². The predicted molar refractivity (Wildman–Crippen MR) is 63.2 cm³/mol. The lowest BCUT2D eigenvalue weighted by molar-refractivity contribution is -0.121. The van der Waals surface area contributed by atoms with Crippen LogP contribution in [0.5, 0.6) is 0 Å². The second-order valence-electron chi connectivity index (χ2n) is 3.75. The van der Waals surface area contributed by atoms with Gasteiger partial charge in [-0.05, 0) is 24.6 Å². The largest absolute Gasteiger partial charge is 0.303 e. The topological polar surface area (TPSA) is 37.4 Å². The van der Waals surface area contributed by atoms with Gasteiger partial charge in [0.25, 0.3) is 0 Å². The Bertz CT molecular complexity index is 485. The van der Waals surface area contributed by atoms with Crippen molar-refractivity contribution in [3.8, 4) is 0 Å². The van der Waals surface area contributed by atoms with Gasteiger partial charge in [0.15, 0.2) is 5.78 Å². The van der Waals surface area contributed by atoms with E-state index < -0.39 is 0 Å². The van der Waals surface area contributed by atoms with Gasteiger partial charge in [-0.3, -0.25) is 9.59 Å². The number of ketones is 1. The van der Waals surface area contributed by atoms with Gasteiger partial charge in [0.1, 0.15) is 0 Å². The number of amides is 1. The van der Waals surface area contributed by atoms with Gasteiger partial charge in [-0.1, -0.05) is 23.2 Å². The number of benzene rings is 1. The van der Waals surface area contributed by atoms with E-state index in [1.165, 1.54) is 4.90 Å². The zero-order chi connectivity index (χ0) is 11.9. The third-order valence-electron chi connectivity index (χ3n) is 2.50. The maximum atomic E-state index is 11.5. The zero-order valence-corrected chi connectivity index (χ0v) is 10.1. The molecule has 0 saturated carbocycles. The fraction of sp³-hybridized carbons (Fsp3) is 0.273. The molecule has 1 aliphatic heterocycles. The number of Topliss-reactive ketones (excluding diaryl/α,β-unsaturated/α-hetero) is 1. The standard InChI is InChI=1S/C11H9Cl2NO2/c1-6-2-9(13)10(4-8(6)12)14-5-7(15)3-11(14)16/h2,4H,3,5H2,1H3. The maximum absolute atomic E-state index is 11.5. The van der Waals surface area contributed by atoms with Crippen LogP contribution < -0.4 is 4.90 Å². The summed E-state index contributed by atoms with van der Waals surface area (Å²) in [6.07, 6.45) is -0.0537. The van der Waals surface area contributed by atoms with E-state index in [9.17, 15) is 9.59 Å². The highest BCUT2D eigenvalue weighted by molar-refractivity contribution is 6.36. The fourth-order valence-corrected chi connectivity index (χ4v) is 2.12. The highest BCUT2D eigenvalue weighted by Crippen LogP contribution is 2.33. The molecule has 0 radical (unpaired) electrons. The highest BCUT2D eigenvalue weighted by Gasteiger charge is 2.30. The van der Waals surface area contributed by atoms with Crippen LogP contribution in [0.1, 0.15) is 12.0 Å². The average molecular weight is 258 g/mol. The number of anilines is 1. The number of rotatable bonds is 1. The Morgan fingerprint density at radius 1 is 1.19 bits per heavy atom. The highest BCUT2D eigenvalue weighted by atomic mass is 35.5. The van der Waals surface area contributed by atoms with Crippen LogP contribution in [0.2, 0.25) is 10.0 Å². The normalized spacial score (nSPS) is 16.1. The molecule has 1 aliphatic rings. The van der Waals surface area contributed by atoms with Crippen molar-refractivity contribution in [2.45, 2.75) is 13.3 Å². The summed E-state index contributed by atoms with van der Waals surface area (Å²) in [6.45, 7) is 1.91. The minimum atomic E-state index is -0.230. The molecule has 0 aliphatic carbocycles. The first-order valence-corrected chi connectivity index (χ1v) is 5.52. The number of carbonyl (C=O) groups excluding carboxylic acids is 2.